The molecule has 0 saturated carbocycles. The van der Waals surface area contributed by atoms with Crippen LogP contribution in [0.5, 0.6) is 0 Å². The number of halogens is 4. The second kappa shape index (κ2) is 2.80. The van der Waals surface area contributed by atoms with Crippen molar-refractivity contribution in [2.24, 2.45) is 5.92 Å². The molecule has 54 valence electrons. The van der Waals surface area contributed by atoms with Gasteiger partial charge in [0.15, 0.2) is 0 Å². The molecule has 1 atom stereocenters. The van der Waals surface area contributed by atoms with Gasteiger partial charge in [-0.2, -0.15) is 13.2 Å². The summed E-state index contributed by atoms with van der Waals surface area (Å²) in [6.07, 6.45) is -5.17. The van der Waals surface area contributed by atoms with Gasteiger partial charge in [0.25, 0.3) is 0 Å². The van der Waals surface area contributed by atoms with Gasteiger partial charge in [-0.05, 0) is 0 Å². The van der Waals surface area contributed by atoms with Crippen LogP contribution in [0.2, 0.25) is 0 Å². The molecule has 0 radical (unpaired) electrons. The summed E-state index contributed by atoms with van der Waals surface area (Å²) in [5, 5.41) is 0. The van der Waals surface area contributed by atoms with Crippen LogP contribution in [0.15, 0.2) is 0 Å². The van der Waals surface area contributed by atoms with Gasteiger partial charge in [0.1, 0.15) is 18.9 Å². The Balaban J connectivity index is 3.94. The summed E-state index contributed by atoms with van der Waals surface area (Å²) in [5.41, 5.74) is 0. The highest BCUT2D eigenvalue weighted by atomic mass is 19.4. The third-order valence-electron chi connectivity index (χ3n) is 0.751. The molecule has 0 aromatic carbocycles. The molecule has 0 aromatic rings. The molecular formula is C4H4F4O. The van der Waals surface area contributed by atoms with Crippen LogP contribution >= 0.6 is 0 Å². The van der Waals surface area contributed by atoms with Gasteiger partial charge in [-0.15, -0.1) is 0 Å². The van der Waals surface area contributed by atoms with Crippen LogP contribution in [0.25, 0.3) is 0 Å². The lowest BCUT2D eigenvalue weighted by molar-refractivity contribution is -0.177. The molecular weight excluding hydrogens is 140 g/mol. The summed E-state index contributed by atoms with van der Waals surface area (Å²) in [4.78, 5) is 9.42. The lowest BCUT2D eigenvalue weighted by Crippen LogP contribution is -2.25. The molecule has 0 rings (SSSR count). The summed E-state index contributed by atoms with van der Waals surface area (Å²) in [6.45, 7) is -1.67. The van der Waals surface area contributed by atoms with E-state index in [2.05, 4.69) is 0 Å². The lowest BCUT2D eigenvalue weighted by atomic mass is 10.2. The average molecular weight is 144 g/mol. The summed E-state index contributed by atoms with van der Waals surface area (Å²) in [5.74, 6) is -2.45. The summed E-state index contributed by atoms with van der Waals surface area (Å²) in [6, 6.07) is 0. The van der Waals surface area contributed by atoms with Crippen molar-refractivity contribution < 1.29 is 22.4 Å². The fourth-order valence-corrected chi connectivity index (χ4v) is 0.201. The van der Waals surface area contributed by atoms with Gasteiger partial charge in [0.05, 0.1) is 0 Å². The molecule has 0 aromatic heterocycles. The normalized spacial score (nSPS) is 15.1. The highest BCUT2D eigenvalue weighted by Crippen LogP contribution is 2.24. The van der Waals surface area contributed by atoms with Crippen molar-refractivity contribution >= 4 is 6.29 Å². The second-order valence-electron chi connectivity index (χ2n) is 1.44. The molecule has 0 fully saturated rings. The minimum absolute atomic E-state index is 0.444. The monoisotopic (exact) mass is 144 g/mol. The molecule has 0 bridgehead atoms. The minimum Gasteiger partial charge on any atom is -0.303 e. The Kier molecular flexibility index (Phi) is 2.61. The third-order valence-corrected chi connectivity index (χ3v) is 0.751. The van der Waals surface area contributed by atoms with Gasteiger partial charge in [-0.25, -0.2) is 4.39 Å². The van der Waals surface area contributed by atoms with Crippen molar-refractivity contribution in [3.63, 3.8) is 0 Å². The molecule has 0 aliphatic carbocycles. The van der Waals surface area contributed by atoms with E-state index in [1.807, 2.05) is 0 Å². The van der Waals surface area contributed by atoms with E-state index in [1.165, 1.54) is 0 Å². The Hall–Kier alpha value is -0.610. The third kappa shape index (κ3) is 2.43. The number of alkyl halides is 4. The number of carbonyl (C=O) groups excluding carboxylic acids is 1. The first-order chi connectivity index (χ1) is 4.02. The molecule has 0 aliphatic heterocycles. The van der Waals surface area contributed by atoms with Crippen molar-refractivity contribution in [3.8, 4) is 0 Å². The van der Waals surface area contributed by atoms with Crippen LogP contribution in [0.3, 0.4) is 0 Å². The fourth-order valence-electron chi connectivity index (χ4n) is 0.201. The van der Waals surface area contributed by atoms with E-state index in [0.29, 0.717) is 0 Å². The SMILES string of the molecule is O=CC(CF)C(F)(F)F. The van der Waals surface area contributed by atoms with Crippen LogP contribution in [0.1, 0.15) is 0 Å². The van der Waals surface area contributed by atoms with Gasteiger partial charge in [-0.3, -0.25) is 0 Å². The Labute approximate surface area is 48.7 Å². The first-order valence-electron chi connectivity index (χ1n) is 2.10. The van der Waals surface area contributed by atoms with E-state index in [-0.39, 0.29) is 0 Å². The van der Waals surface area contributed by atoms with Crippen LogP contribution in [0.4, 0.5) is 17.6 Å². The maximum Gasteiger partial charge on any atom is 0.400 e. The average Bonchev–Trinajstić information content (AvgIpc) is 1.65. The number of carbonyl (C=O) groups is 1. The molecule has 1 unspecified atom stereocenters. The highest BCUT2D eigenvalue weighted by Gasteiger charge is 2.39. The van der Waals surface area contributed by atoms with E-state index >= 15 is 0 Å². The highest BCUT2D eigenvalue weighted by molar-refractivity contribution is 5.54. The Morgan fingerprint density at radius 2 is 1.89 bits per heavy atom. The van der Waals surface area contributed by atoms with Crippen LogP contribution in [-0.2, 0) is 4.79 Å². The maximum absolute atomic E-state index is 11.2. The molecule has 1 nitrogen and oxygen atoms in total. The van der Waals surface area contributed by atoms with E-state index in [4.69, 9.17) is 0 Å². The lowest BCUT2D eigenvalue weighted by Gasteiger charge is -2.08. The molecule has 9 heavy (non-hydrogen) atoms. The summed E-state index contributed by atoms with van der Waals surface area (Å²) >= 11 is 0. The molecule has 0 aliphatic rings. The first-order valence-corrected chi connectivity index (χ1v) is 2.10. The number of hydrogen-bond donors (Lipinski definition) is 0. The molecule has 0 N–H and O–H groups in total. The largest absolute Gasteiger partial charge is 0.400 e. The zero-order valence-electron chi connectivity index (χ0n) is 4.28. The van der Waals surface area contributed by atoms with Crippen molar-refractivity contribution in [1.29, 1.82) is 0 Å². The fraction of sp³-hybridized carbons (Fsp3) is 0.750. The smallest absolute Gasteiger partial charge is 0.303 e. The number of rotatable bonds is 2. The van der Waals surface area contributed by atoms with E-state index in [9.17, 15) is 22.4 Å². The second-order valence-corrected chi connectivity index (χ2v) is 1.44. The Bertz CT molecular complexity index is 97.2. The van der Waals surface area contributed by atoms with Gasteiger partial charge < -0.3 is 4.79 Å². The predicted molar refractivity (Wildman–Crippen MR) is 21.6 cm³/mol. The van der Waals surface area contributed by atoms with E-state index in [1.54, 1.807) is 0 Å². The van der Waals surface area contributed by atoms with Crippen LogP contribution in [0, 0.1) is 5.92 Å². The van der Waals surface area contributed by atoms with Crippen molar-refractivity contribution in [2.75, 3.05) is 6.67 Å². The first kappa shape index (κ1) is 8.39. The zero-order chi connectivity index (χ0) is 7.49. The van der Waals surface area contributed by atoms with E-state index in [0.717, 1.165) is 0 Å². The molecule has 5 heteroatoms. The quantitative estimate of drug-likeness (QED) is 0.422. The van der Waals surface area contributed by atoms with Gasteiger partial charge in [0, 0.05) is 0 Å². The van der Waals surface area contributed by atoms with Crippen molar-refractivity contribution in [2.45, 2.75) is 6.18 Å². The topological polar surface area (TPSA) is 17.1 Å². The maximum atomic E-state index is 11.2. The standard InChI is InChI=1S/C4H4F4O/c5-1-3(2-9)4(6,7)8/h2-3H,1H2. The molecule has 0 spiro atoms. The van der Waals surface area contributed by atoms with Crippen LogP contribution in [-0.4, -0.2) is 19.1 Å². The number of aldehydes is 1. The van der Waals surface area contributed by atoms with Gasteiger partial charge >= 0.3 is 6.18 Å². The zero-order valence-corrected chi connectivity index (χ0v) is 4.28. The van der Waals surface area contributed by atoms with Gasteiger partial charge in [0.2, 0.25) is 0 Å². The Morgan fingerprint density at radius 3 is 1.89 bits per heavy atom. The minimum atomic E-state index is -4.73. The van der Waals surface area contributed by atoms with Crippen molar-refractivity contribution in [3.05, 3.63) is 0 Å². The predicted octanol–water partition coefficient (Wildman–Crippen LogP) is 1.33. The Morgan fingerprint density at radius 1 is 1.44 bits per heavy atom. The molecule has 0 amide bonds. The summed E-state index contributed by atoms with van der Waals surface area (Å²) in [7, 11) is 0. The molecule has 0 heterocycles. The molecule has 0 saturated heterocycles. The van der Waals surface area contributed by atoms with E-state index < -0.39 is 25.1 Å². The number of hydrogen-bond acceptors (Lipinski definition) is 1. The van der Waals surface area contributed by atoms with Crippen molar-refractivity contribution in [1.82, 2.24) is 0 Å². The van der Waals surface area contributed by atoms with Gasteiger partial charge in [-0.1, -0.05) is 0 Å². The van der Waals surface area contributed by atoms with Crippen LogP contribution < -0.4 is 0 Å². The summed E-state index contributed by atoms with van der Waals surface area (Å²) < 4.78 is 45.0.